The van der Waals surface area contributed by atoms with Crippen LogP contribution in [-0.4, -0.2) is 29.4 Å². The summed E-state index contributed by atoms with van der Waals surface area (Å²) in [5.41, 5.74) is 8.41. The van der Waals surface area contributed by atoms with Crippen LogP contribution in [0.25, 0.3) is 11.3 Å². The van der Waals surface area contributed by atoms with Gasteiger partial charge in [0.05, 0.1) is 24.5 Å². The SMILES string of the molecule is CSc1ccc(-c2cnc(C(N)C3CCOC3)[nH]2)cc1. The molecule has 0 amide bonds. The summed E-state index contributed by atoms with van der Waals surface area (Å²) in [5, 5.41) is 0. The van der Waals surface area contributed by atoms with Crippen LogP contribution in [0.2, 0.25) is 0 Å². The Bertz CT molecular complexity index is 561. The maximum Gasteiger partial charge on any atom is 0.123 e. The second kappa shape index (κ2) is 5.99. The normalized spacial score (nSPS) is 20.2. The van der Waals surface area contributed by atoms with Crippen molar-refractivity contribution in [1.82, 2.24) is 9.97 Å². The summed E-state index contributed by atoms with van der Waals surface area (Å²) < 4.78 is 5.39. The lowest BCUT2D eigenvalue weighted by Crippen LogP contribution is -2.22. The lowest BCUT2D eigenvalue weighted by Gasteiger charge is -2.14. The van der Waals surface area contributed by atoms with Gasteiger partial charge >= 0.3 is 0 Å². The Morgan fingerprint density at radius 1 is 1.40 bits per heavy atom. The third-order valence-electron chi connectivity index (χ3n) is 3.79. The molecule has 0 aliphatic carbocycles. The van der Waals surface area contributed by atoms with Gasteiger partial charge < -0.3 is 15.5 Å². The molecule has 2 heterocycles. The van der Waals surface area contributed by atoms with E-state index >= 15 is 0 Å². The molecule has 4 nitrogen and oxygen atoms in total. The first-order valence-electron chi connectivity index (χ1n) is 6.80. The zero-order chi connectivity index (χ0) is 13.9. The molecule has 1 saturated heterocycles. The highest BCUT2D eigenvalue weighted by Crippen LogP contribution is 2.27. The van der Waals surface area contributed by atoms with Crippen LogP contribution in [-0.2, 0) is 4.74 Å². The second-order valence-electron chi connectivity index (χ2n) is 5.06. The molecule has 106 valence electrons. The molecule has 3 rings (SSSR count). The quantitative estimate of drug-likeness (QED) is 0.850. The van der Waals surface area contributed by atoms with Gasteiger partial charge in [0.15, 0.2) is 0 Å². The Hall–Kier alpha value is -1.30. The van der Waals surface area contributed by atoms with Gasteiger partial charge in [0.2, 0.25) is 0 Å². The van der Waals surface area contributed by atoms with Crippen LogP contribution in [0.15, 0.2) is 35.4 Å². The number of thioether (sulfide) groups is 1. The molecule has 1 aromatic carbocycles. The predicted molar refractivity (Wildman–Crippen MR) is 81.7 cm³/mol. The van der Waals surface area contributed by atoms with Gasteiger partial charge in [-0.15, -0.1) is 11.8 Å². The Labute approximate surface area is 123 Å². The van der Waals surface area contributed by atoms with Crippen LogP contribution < -0.4 is 5.73 Å². The van der Waals surface area contributed by atoms with Crippen molar-refractivity contribution in [2.24, 2.45) is 11.7 Å². The van der Waals surface area contributed by atoms with Crippen molar-refractivity contribution in [3.63, 3.8) is 0 Å². The molecule has 2 aromatic rings. The van der Waals surface area contributed by atoms with E-state index in [1.165, 1.54) is 4.90 Å². The van der Waals surface area contributed by atoms with Crippen LogP contribution in [0.3, 0.4) is 0 Å². The topological polar surface area (TPSA) is 63.9 Å². The summed E-state index contributed by atoms with van der Waals surface area (Å²) >= 11 is 1.74. The lowest BCUT2D eigenvalue weighted by atomic mass is 9.99. The maximum absolute atomic E-state index is 6.26. The molecule has 0 radical (unpaired) electrons. The van der Waals surface area contributed by atoms with Crippen LogP contribution >= 0.6 is 11.8 Å². The van der Waals surface area contributed by atoms with Gasteiger partial charge in [-0.1, -0.05) is 12.1 Å². The highest BCUT2D eigenvalue weighted by molar-refractivity contribution is 7.98. The second-order valence-corrected chi connectivity index (χ2v) is 5.94. The molecular formula is C15H19N3OS. The van der Waals surface area contributed by atoms with E-state index in [9.17, 15) is 0 Å². The number of nitrogens with two attached hydrogens (primary N) is 1. The van der Waals surface area contributed by atoms with Gasteiger partial charge in [-0.05, 0) is 30.4 Å². The molecule has 0 saturated carbocycles. The molecule has 1 aliphatic heterocycles. The predicted octanol–water partition coefficient (Wildman–Crippen LogP) is 2.83. The van der Waals surface area contributed by atoms with Crippen molar-refractivity contribution in [2.45, 2.75) is 17.4 Å². The lowest BCUT2D eigenvalue weighted by molar-refractivity contribution is 0.180. The minimum atomic E-state index is -0.0725. The summed E-state index contributed by atoms with van der Waals surface area (Å²) in [6, 6.07) is 8.37. The number of imidazole rings is 1. The monoisotopic (exact) mass is 289 g/mol. The Morgan fingerprint density at radius 3 is 2.85 bits per heavy atom. The zero-order valence-corrected chi connectivity index (χ0v) is 12.3. The fourth-order valence-corrected chi connectivity index (χ4v) is 2.89. The maximum atomic E-state index is 6.26. The molecule has 2 atom stereocenters. The first kappa shape index (κ1) is 13.7. The molecule has 0 bridgehead atoms. The number of hydrogen-bond acceptors (Lipinski definition) is 4. The van der Waals surface area contributed by atoms with E-state index in [0.29, 0.717) is 5.92 Å². The smallest absolute Gasteiger partial charge is 0.123 e. The largest absolute Gasteiger partial charge is 0.381 e. The first-order chi connectivity index (χ1) is 9.78. The molecule has 5 heteroatoms. The van der Waals surface area contributed by atoms with Crippen LogP contribution in [0.4, 0.5) is 0 Å². The third-order valence-corrected chi connectivity index (χ3v) is 4.53. The van der Waals surface area contributed by atoms with Gasteiger partial charge in [-0.2, -0.15) is 0 Å². The fraction of sp³-hybridized carbons (Fsp3) is 0.400. The van der Waals surface area contributed by atoms with E-state index in [2.05, 4.69) is 40.5 Å². The van der Waals surface area contributed by atoms with Crippen molar-refractivity contribution in [3.05, 3.63) is 36.3 Å². The average Bonchev–Trinajstić information content (AvgIpc) is 3.18. The van der Waals surface area contributed by atoms with Crippen molar-refractivity contribution < 1.29 is 4.74 Å². The summed E-state index contributed by atoms with van der Waals surface area (Å²) in [4.78, 5) is 9.04. The van der Waals surface area contributed by atoms with Crippen molar-refractivity contribution in [2.75, 3.05) is 19.5 Å². The Balaban J connectivity index is 1.78. The van der Waals surface area contributed by atoms with E-state index in [1.54, 1.807) is 11.8 Å². The van der Waals surface area contributed by atoms with Gasteiger partial charge in [-0.3, -0.25) is 0 Å². The van der Waals surface area contributed by atoms with Gasteiger partial charge in [-0.25, -0.2) is 4.98 Å². The molecule has 0 spiro atoms. The minimum absolute atomic E-state index is 0.0725. The molecular weight excluding hydrogens is 270 g/mol. The minimum Gasteiger partial charge on any atom is -0.381 e. The molecule has 3 N–H and O–H groups in total. The van der Waals surface area contributed by atoms with Crippen molar-refractivity contribution >= 4 is 11.8 Å². The fourth-order valence-electron chi connectivity index (χ4n) is 2.48. The number of nitrogens with one attached hydrogen (secondary N) is 1. The first-order valence-corrected chi connectivity index (χ1v) is 8.03. The average molecular weight is 289 g/mol. The number of hydrogen-bond donors (Lipinski definition) is 2. The van der Waals surface area contributed by atoms with Crippen LogP contribution in [0.5, 0.6) is 0 Å². The third kappa shape index (κ3) is 2.75. The highest BCUT2D eigenvalue weighted by Gasteiger charge is 2.26. The molecule has 20 heavy (non-hydrogen) atoms. The van der Waals surface area contributed by atoms with Crippen LogP contribution in [0.1, 0.15) is 18.3 Å². The van der Waals surface area contributed by atoms with Gasteiger partial charge in [0.1, 0.15) is 5.82 Å². The number of benzene rings is 1. The Morgan fingerprint density at radius 2 is 2.20 bits per heavy atom. The molecule has 1 aliphatic rings. The molecule has 1 fully saturated rings. The van der Waals surface area contributed by atoms with E-state index in [4.69, 9.17) is 10.5 Å². The number of rotatable bonds is 4. The van der Waals surface area contributed by atoms with Crippen molar-refractivity contribution in [3.8, 4) is 11.3 Å². The number of aromatic nitrogens is 2. The number of ether oxygens (including phenoxy) is 1. The highest BCUT2D eigenvalue weighted by atomic mass is 32.2. The summed E-state index contributed by atoms with van der Waals surface area (Å²) in [6.07, 6.45) is 4.95. The van der Waals surface area contributed by atoms with E-state index in [0.717, 1.165) is 36.7 Å². The summed E-state index contributed by atoms with van der Waals surface area (Å²) in [5.74, 6) is 1.22. The van der Waals surface area contributed by atoms with Crippen molar-refractivity contribution in [1.29, 1.82) is 0 Å². The zero-order valence-electron chi connectivity index (χ0n) is 11.5. The molecule has 1 aromatic heterocycles. The summed E-state index contributed by atoms with van der Waals surface area (Å²) in [7, 11) is 0. The Kier molecular flexibility index (Phi) is 4.10. The number of H-pyrrole nitrogens is 1. The molecule has 2 unspecified atom stereocenters. The van der Waals surface area contributed by atoms with E-state index < -0.39 is 0 Å². The number of aromatic amines is 1. The standard InChI is InChI=1S/C15H19N3OS/c1-20-12-4-2-10(3-5-12)13-8-17-15(18-13)14(16)11-6-7-19-9-11/h2-5,8,11,14H,6-7,9,16H2,1H3,(H,17,18). The van der Waals surface area contributed by atoms with Gasteiger partial charge in [0.25, 0.3) is 0 Å². The number of nitrogens with zero attached hydrogens (tertiary/aromatic N) is 1. The summed E-state index contributed by atoms with van der Waals surface area (Å²) in [6.45, 7) is 1.54. The van der Waals surface area contributed by atoms with Crippen LogP contribution in [0, 0.1) is 5.92 Å². The van der Waals surface area contributed by atoms with Gasteiger partial charge in [0, 0.05) is 17.4 Å². The van der Waals surface area contributed by atoms with E-state index in [1.807, 2.05) is 6.20 Å². The van der Waals surface area contributed by atoms with E-state index in [-0.39, 0.29) is 6.04 Å².